The van der Waals surface area contributed by atoms with Crippen LogP contribution in [0.2, 0.25) is 0 Å². The van der Waals surface area contributed by atoms with Gasteiger partial charge in [-0.3, -0.25) is 0 Å². The Morgan fingerprint density at radius 3 is 2.74 bits per heavy atom. The molecule has 1 aromatic heterocycles. The lowest BCUT2D eigenvalue weighted by molar-refractivity contribution is 0.299. The van der Waals surface area contributed by atoms with Gasteiger partial charge >= 0.3 is 5.69 Å². The topological polar surface area (TPSA) is 82.2 Å². The van der Waals surface area contributed by atoms with Crippen molar-refractivity contribution in [1.29, 1.82) is 0 Å². The first kappa shape index (κ1) is 17.7. The van der Waals surface area contributed by atoms with Crippen LogP contribution in [-0.2, 0) is 13.7 Å². The highest BCUT2D eigenvalue weighted by Crippen LogP contribution is 2.45. The zero-order valence-corrected chi connectivity index (χ0v) is 15.9. The molecule has 3 aromatic rings. The summed E-state index contributed by atoms with van der Waals surface area (Å²) in [7, 11) is 1.57. The SMILES string of the molecule is CSc1cccc(-n2nnn(C)c2=O)c1COc1ccc(O)cc1C1CC1. The molecular weight excluding hydrogens is 364 g/mol. The predicted octanol–water partition coefficient (Wildman–Crippen LogP) is 2.85. The van der Waals surface area contributed by atoms with Gasteiger partial charge in [0.1, 0.15) is 18.1 Å². The van der Waals surface area contributed by atoms with Gasteiger partial charge in [0, 0.05) is 23.1 Å². The quantitative estimate of drug-likeness (QED) is 0.658. The molecule has 1 N–H and O–H groups in total. The third-order valence-electron chi connectivity index (χ3n) is 4.66. The van der Waals surface area contributed by atoms with E-state index in [1.807, 2.05) is 24.5 Å². The minimum atomic E-state index is -0.308. The molecule has 0 bridgehead atoms. The number of thioether (sulfide) groups is 1. The highest BCUT2D eigenvalue weighted by atomic mass is 32.2. The van der Waals surface area contributed by atoms with Crippen LogP contribution in [0.4, 0.5) is 0 Å². The summed E-state index contributed by atoms with van der Waals surface area (Å²) in [6.45, 7) is 0.292. The molecule has 0 spiro atoms. The third-order valence-corrected chi connectivity index (χ3v) is 5.48. The van der Waals surface area contributed by atoms with Crippen LogP contribution in [0, 0.1) is 0 Å². The van der Waals surface area contributed by atoms with Crippen LogP contribution in [0.3, 0.4) is 0 Å². The fourth-order valence-corrected chi connectivity index (χ4v) is 3.71. The molecule has 1 heterocycles. The molecule has 8 heteroatoms. The minimum absolute atomic E-state index is 0.251. The lowest BCUT2D eigenvalue weighted by atomic mass is 10.1. The van der Waals surface area contributed by atoms with Crippen molar-refractivity contribution in [1.82, 2.24) is 19.8 Å². The number of nitrogens with zero attached hydrogens (tertiary/aromatic N) is 4. The van der Waals surface area contributed by atoms with Crippen LogP contribution < -0.4 is 10.4 Å². The van der Waals surface area contributed by atoms with Gasteiger partial charge in [0.15, 0.2) is 0 Å². The molecule has 1 aliphatic rings. The summed E-state index contributed by atoms with van der Waals surface area (Å²) in [6.07, 6.45) is 4.21. The van der Waals surface area contributed by atoms with Crippen LogP contribution in [0.25, 0.3) is 5.69 Å². The summed E-state index contributed by atoms with van der Waals surface area (Å²) in [6, 6.07) is 10.9. The van der Waals surface area contributed by atoms with Crippen molar-refractivity contribution in [3.63, 3.8) is 0 Å². The van der Waals surface area contributed by atoms with E-state index in [0.29, 0.717) is 18.2 Å². The van der Waals surface area contributed by atoms with Gasteiger partial charge in [-0.1, -0.05) is 6.07 Å². The zero-order chi connectivity index (χ0) is 19.0. The molecule has 7 nitrogen and oxygen atoms in total. The predicted molar refractivity (Wildman–Crippen MR) is 103 cm³/mol. The summed E-state index contributed by atoms with van der Waals surface area (Å²) in [5.74, 6) is 1.47. The Hall–Kier alpha value is -2.74. The van der Waals surface area contributed by atoms with E-state index in [4.69, 9.17) is 4.74 Å². The van der Waals surface area contributed by atoms with Crippen molar-refractivity contribution < 1.29 is 9.84 Å². The Morgan fingerprint density at radius 2 is 2.07 bits per heavy atom. The second-order valence-corrected chi connectivity index (χ2v) is 7.39. The largest absolute Gasteiger partial charge is 0.508 e. The summed E-state index contributed by atoms with van der Waals surface area (Å²) in [5, 5.41) is 17.6. The summed E-state index contributed by atoms with van der Waals surface area (Å²) in [4.78, 5) is 13.3. The van der Waals surface area contributed by atoms with Crippen molar-refractivity contribution >= 4 is 11.8 Å². The van der Waals surface area contributed by atoms with Crippen molar-refractivity contribution in [3.05, 3.63) is 58.0 Å². The molecule has 0 saturated heterocycles. The van der Waals surface area contributed by atoms with Crippen molar-refractivity contribution in [2.45, 2.75) is 30.3 Å². The van der Waals surface area contributed by atoms with E-state index in [0.717, 1.165) is 34.6 Å². The second-order valence-electron chi connectivity index (χ2n) is 6.54. The number of aryl methyl sites for hydroxylation is 1. The number of rotatable bonds is 6. The standard InChI is InChI=1S/C19H20N4O3S/c1-22-19(25)23(21-20-22)16-4-3-5-18(27-2)15(16)11-26-17-9-8-13(24)10-14(17)12-6-7-12/h3-5,8-10,12,24H,6-7,11H2,1-2H3. The lowest BCUT2D eigenvalue weighted by Crippen LogP contribution is -2.23. The molecule has 2 aromatic carbocycles. The van der Waals surface area contributed by atoms with Gasteiger partial charge in [-0.15, -0.1) is 11.8 Å². The maximum absolute atomic E-state index is 12.3. The summed E-state index contributed by atoms with van der Waals surface area (Å²) < 4.78 is 8.62. The average molecular weight is 384 g/mol. The fourth-order valence-electron chi connectivity index (χ4n) is 3.08. The Labute approximate surface area is 160 Å². The van der Waals surface area contributed by atoms with Gasteiger partial charge in [-0.05, 0) is 65.8 Å². The van der Waals surface area contributed by atoms with E-state index in [1.165, 1.54) is 9.36 Å². The highest BCUT2D eigenvalue weighted by Gasteiger charge is 2.27. The lowest BCUT2D eigenvalue weighted by Gasteiger charge is -2.16. The van der Waals surface area contributed by atoms with E-state index in [1.54, 1.807) is 37.0 Å². The molecular formula is C19H20N4O3S. The number of benzene rings is 2. The Bertz CT molecular complexity index is 1040. The maximum atomic E-state index is 12.3. The molecule has 1 aliphatic carbocycles. The Balaban J connectivity index is 1.70. The van der Waals surface area contributed by atoms with Crippen molar-refractivity contribution in [2.24, 2.45) is 7.05 Å². The van der Waals surface area contributed by atoms with Crippen molar-refractivity contribution in [2.75, 3.05) is 6.26 Å². The molecule has 0 unspecified atom stereocenters. The number of aromatic hydroxyl groups is 1. The minimum Gasteiger partial charge on any atom is -0.508 e. The number of tetrazole rings is 1. The molecule has 1 fully saturated rings. The zero-order valence-electron chi connectivity index (χ0n) is 15.1. The van der Waals surface area contributed by atoms with Crippen LogP contribution in [0.15, 0.2) is 46.1 Å². The van der Waals surface area contributed by atoms with Gasteiger partial charge in [0.05, 0.1) is 5.69 Å². The smallest absolute Gasteiger partial charge is 0.368 e. The highest BCUT2D eigenvalue weighted by molar-refractivity contribution is 7.98. The summed E-state index contributed by atoms with van der Waals surface area (Å²) in [5.41, 5.74) is 2.27. The van der Waals surface area contributed by atoms with Crippen LogP contribution >= 0.6 is 11.8 Å². The van der Waals surface area contributed by atoms with Gasteiger partial charge in [-0.2, -0.15) is 9.36 Å². The molecule has 140 valence electrons. The van der Waals surface area contributed by atoms with Crippen LogP contribution in [0.1, 0.15) is 29.9 Å². The van der Waals surface area contributed by atoms with E-state index in [2.05, 4.69) is 10.4 Å². The number of hydrogen-bond donors (Lipinski definition) is 1. The number of phenolic OH excluding ortho intramolecular Hbond substituents is 1. The maximum Gasteiger partial charge on any atom is 0.368 e. The van der Waals surface area contributed by atoms with Gasteiger partial charge in [0.2, 0.25) is 0 Å². The van der Waals surface area contributed by atoms with E-state index < -0.39 is 0 Å². The van der Waals surface area contributed by atoms with E-state index >= 15 is 0 Å². The molecule has 0 atom stereocenters. The first-order chi connectivity index (χ1) is 13.1. The first-order valence-electron chi connectivity index (χ1n) is 8.69. The molecule has 0 aliphatic heterocycles. The normalized spacial score (nSPS) is 13.7. The van der Waals surface area contributed by atoms with Crippen molar-refractivity contribution in [3.8, 4) is 17.2 Å². The fraction of sp³-hybridized carbons (Fsp3) is 0.316. The Morgan fingerprint density at radius 1 is 1.26 bits per heavy atom. The van der Waals surface area contributed by atoms with E-state index in [9.17, 15) is 9.90 Å². The molecule has 0 radical (unpaired) electrons. The molecule has 4 rings (SSSR count). The monoisotopic (exact) mass is 384 g/mol. The second kappa shape index (κ2) is 7.11. The number of ether oxygens (including phenoxy) is 1. The summed E-state index contributed by atoms with van der Waals surface area (Å²) >= 11 is 1.59. The van der Waals surface area contributed by atoms with E-state index in [-0.39, 0.29) is 11.4 Å². The van der Waals surface area contributed by atoms with Crippen LogP contribution in [0.5, 0.6) is 11.5 Å². The first-order valence-corrected chi connectivity index (χ1v) is 9.92. The van der Waals surface area contributed by atoms with Crippen LogP contribution in [-0.4, -0.2) is 31.2 Å². The number of aromatic nitrogens is 4. The number of phenols is 1. The average Bonchev–Trinajstić information content (AvgIpc) is 3.47. The Kier molecular flexibility index (Phi) is 4.65. The van der Waals surface area contributed by atoms with Gasteiger partial charge in [0.25, 0.3) is 0 Å². The van der Waals surface area contributed by atoms with Gasteiger partial charge in [-0.25, -0.2) is 4.79 Å². The third kappa shape index (κ3) is 3.44. The molecule has 0 amide bonds. The molecule has 27 heavy (non-hydrogen) atoms. The van der Waals surface area contributed by atoms with Gasteiger partial charge < -0.3 is 9.84 Å². The number of hydrogen-bond acceptors (Lipinski definition) is 6. The molecule has 1 saturated carbocycles.